The third-order valence-electron chi connectivity index (χ3n) is 3.65. The van der Waals surface area contributed by atoms with Crippen molar-refractivity contribution in [2.45, 2.75) is 19.3 Å². The number of benzene rings is 1. The van der Waals surface area contributed by atoms with Gasteiger partial charge in [-0.25, -0.2) is 4.39 Å². The molecule has 3 aliphatic carbocycles. The van der Waals surface area contributed by atoms with E-state index in [9.17, 15) is 9.18 Å². The van der Waals surface area contributed by atoms with Gasteiger partial charge in [0, 0.05) is 12.3 Å². The summed E-state index contributed by atoms with van der Waals surface area (Å²) in [7, 11) is 0. The van der Waals surface area contributed by atoms with Gasteiger partial charge in [-0.2, -0.15) is 0 Å². The molecule has 2 heteroatoms. The Balaban J connectivity index is 2.01. The van der Waals surface area contributed by atoms with Crippen LogP contribution in [0.2, 0.25) is 0 Å². The van der Waals surface area contributed by atoms with Crippen LogP contribution in [0.3, 0.4) is 0 Å². The number of fused-ring (bicyclic) bond motifs is 2. The first kappa shape index (κ1) is 9.76. The second kappa shape index (κ2) is 3.55. The van der Waals surface area contributed by atoms with Crippen LogP contribution in [0.15, 0.2) is 30.3 Å². The lowest BCUT2D eigenvalue weighted by Gasteiger charge is -2.34. The van der Waals surface area contributed by atoms with Gasteiger partial charge in [0.2, 0.25) is 0 Å². The topological polar surface area (TPSA) is 17.1 Å². The predicted molar refractivity (Wildman–Crippen MR) is 60.2 cm³/mol. The number of hydrogen-bond acceptors (Lipinski definition) is 1. The van der Waals surface area contributed by atoms with Crippen LogP contribution in [0, 0.1) is 17.7 Å². The Bertz CT molecular complexity index is 458. The quantitative estimate of drug-likeness (QED) is 0.704. The van der Waals surface area contributed by atoms with Crippen LogP contribution < -0.4 is 0 Å². The number of hydrogen-bond donors (Lipinski definition) is 0. The van der Waals surface area contributed by atoms with Gasteiger partial charge in [-0.15, -0.1) is 0 Å². The van der Waals surface area contributed by atoms with E-state index in [0.29, 0.717) is 18.1 Å². The fourth-order valence-electron chi connectivity index (χ4n) is 2.83. The van der Waals surface area contributed by atoms with Crippen LogP contribution in [0.1, 0.15) is 24.8 Å². The maximum atomic E-state index is 12.8. The van der Waals surface area contributed by atoms with Crippen molar-refractivity contribution in [1.82, 2.24) is 0 Å². The molecule has 1 saturated carbocycles. The lowest BCUT2D eigenvalue weighted by molar-refractivity contribution is -0.124. The summed E-state index contributed by atoms with van der Waals surface area (Å²) in [5.74, 6) is 0.614. The van der Waals surface area contributed by atoms with Crippen LogP contribution in [0.5, 0.6) is 0 Å². The Morgan fingerprint density at radius 2 is 1.88 bits per heavy atom. The van der Waals surface area contributed by atoms with E-state index in [1.54, 1.807) is 12.1 Å². The van der Waals surface area contributed by atoms with Crippen molar-refractivity contribution >= 4 is 11.4 Å². The molecule has 0 saturated heterocycles. The van der Waals surface area contributed by atoms with Crippen molar-refractivity contribution in [3.63, 3.8) is 0 Å². The van der Waals surface area contributed by atoms with E-state index >= 15 is 0 Å². The Labute approximate surface area is 94.0 Å². The fourth-order valence-corrected chi connectivity index (χ4v) is 2.83. The van der Waals surface area contributed by atoms with E-state index in [4.69, 9.17) is 0 Å². The molecular weight excluding hydrogens is 203 g/mol. The summed E-state index contributed by atoms with van der Waals surface area (Å²) in [6.07, 6.45) is 5.01. The van der Waals surface area contributed by atoms with Crippen molar-refractivity contribution in [2.24, 2.45) is 11.8 Å². The molecule has 0 aromatic heterocycles. The molecule has 1 aromatic rings. The Kier molecular flexibility index (Phi) is 2.16. The highest BCUT2D eigenvalue weighted by atomic mass is 19.1. The maximum absolute atomic E-state index is 12.8. The number of carbonyl (C=O) groups excluding carboxylic acids is 1. The SMILES string of the molecule is O=C1C[C@H]2C=C(c3ccc(F)cc3)[C@@H]1CC2. The molecule has 1 nitrogen and oxygen atoms in total. The van der Waals surface area contributed by atoms with Gasteiger partial charge in [0.1, 0.15) is 11.6 Å². The summed E-state index contributed by atoms with van der Waals surface area (Å²) in [6, 6.07) is 6.47. The van der Waals surface area contributed by atoms with Gasteiger partial charge in [0.25, 0.3) is 0 Å². The fraction of sp³-hybridized carbons (Fsp3) is 0.357. The Morgan fingerprint density at radius 1 is 1.12 bits per heavy atom. The third kappa shape index (κ3) is 1.49. The molecule has 1 fully saturated rings. The van der Waals surface area contributed by atoms with E-state index in [1.165, 1.54) is 12.1 Å². The molecule has 3 aliphatic rings. The van der Waals surface area contributed by atoms with Crippen molar-refractivity contribution in [3.05, 3.63) is 41.7 Å². The van der Waals surface area contributed by atoms with Gasteiger partial charge in [0.15, 0.2) is 0 Å². The zero-order chi connectivity index (χ0) is 11.1. The largest absolute Gasteiger partial charge is 0.299 e. The van der Waals surface area contributed by atoms with Crippen molar-refractivity contribution < 1.29 is 9.18 Å². The van der Waals surface area contributed by atoms with E-state index in [2.05, 4.69) is 6.08 Å². The number of Topliss-reactive ketones (excluding diaryl/α,β-unsaturated/α-hetero) is 1. The minimum absolute atomic E-state index is 0.0652. The highest BCUT2D eigenvalue weighted by Gasteiger charge is 2.35. The van der Waals surface area contributed by atoms with Gasteiger partial charge in [-0.1, -0.05) is 18.2 Å². The molecule has 4 rings (SSSR count). The summed E-state index contributed by atoms with van der Waals surface area (Å²) < 4.78 is 12.8. The molecule has 2 bridgehead atoms. The zero-order valence-corrected chi connectivity index (χ0v) is 8.95. The molecule has 0 N–H and O–H groups in total. The van der Waals surface area contributed by atoms with Crippen LogP contribution in [-0.4, -0.2) is 5.78 Å². The van der Waals surface area contributed by atoms with Gasteiger partial charge in [0.05, 0.1) is 0 Å². The minimum Gasteiger partial charge on any atom is -0.299 e. The number of halogens is 1. The highest BCUT2D eigenvalue weighted by Crippen LogP contribution is 2.42. The number of allylic oxidation sites excluding steroid dienone is 2. The lowest BCUT2D eigenvalue weighted by atomic mass is 9.69. The van der Waals surface area contributed by atoms with Crippen LogP contribution >= 0.6 is 0 Å². The number of carbonyl (C=O) groups is 1. The average Bonchev–Trinajstić information content (AvgIpc) is 2.30. The number of ketones is 1. The third-order valence-corrected chi connectivity index (χ3v) is 3.65. The smallest absolute Gasteiger partial charge is 0.140 e. The van der Waals surface area contributed by atoms with Gasteiger partial charge in [-0.3, -0.25) is 4.79 Å². The zero-order valence-electron chi connectivity index (χ0n) is 8.95. The van der Waals surface area contributed by atoms with E-state index in [0.717, 1.165) is 24.0 Å². The first-order chi connectivity index (χ1) is 7.74. The van der Waals surface area contributed by atoms with Crippen molar-refractivity contribution in [3.8, 4) is 0 Å². The molecule has 0 unspecified atom stereocenters. The van der Waals surface area contributed by atoms with Crippen LogP contribution in [-0.2, 0) is 4.79 Å². The normalized spacial score (nSPS) is 28.1. The average molecular weight is 216 g/mol. The van der Waals surface area contributed by atoms with E-state index in [-0.39, 0.29) is 11.7 Å². The molecule has 0 spiro atoms. The molecule has 16 heavy (non-hydrogen) atoms. The maximum Gasteiger partial charge on any atom is 0.140 e. The molecule has 2 atom stereocenters. The first-order valence-corrected chi connectivity index (χ1v) is 5.74. The van der Waals surface area contributed by atoms with Crippen LogP contribution in [0.4, 0.5) is 4.39 Å². The molecule has 82 valence electrons. The molecule has 0 radical (unpaired) electrons. The van der Waals surface area contributed by atoms with Gasteiger partial charge >= 0.3 is 0 Å². The highest BCUT2D eigenvalue weighted by molar-refractivity contribution is 5.96. The van der Waals surface area contributed by atoms with Crippen molar-refractivity contribution in [1.29, 1.82) is 0 Å². The molecule has 1 aromatic carbocycles. The standard InChI is InChI=1S/C14H13FO/c15-11-4-2-10(3-5-11)13-7-9-1-6-12(13)14(16)8-9/h2-5,7,9,12H,1,6,8H2/t9-,12+/m1/s1. The number of rotatable bonds is 1. The molecular formula is C14H13FO. The molecule has 0 aliphatic heterocycles. The summed E-state index contributed by atoms with van der Waals surface area (Å²) in [4.78, 5) is 11.8. The second-order valence-electron chi connectivity index (χ2n) is 4.69. The summed E-state index contributed by atoms with van der Waals surface area (Å²) in [5.41, 5.74) is 2.12. The monoisotopic (exact) mass is 216 g/mol. The molecule has 0 heterocycles. The first-order valence-electron chi connectivity index (χ1n) is 5.74. The summed E-state index contributed by atoms with van der Waals surface area (Å²) in [5, 5.41) is 0. The van der Waals surface area contributed by atoms with Crippen LogP contribution in [0.25, 0.3) is 5.57 Å². The van der Waals surface area contributed by atoms with Gasteiger partial charge < -0.3 is 0 Å². The van der Waals surface area contributed by atoms with Crippen molar-refractivity contribution in [2.75, 3.05) is 0 Å². The summed E-state index contributed by atoms with van der Waals surface area (Å²) >= 11 is 0. The van der Waals surface area contributed by atoms with Gasteiger partial charge in [-0.05, 0) is 42.0 Å². The van der Waals surface area contributed by atoms with E-state index < -0.39 is 0 Å². The Morgan fingerprint density at radius 3 is 2.50 bits per heavy atom. The van der Waals surface area contributed by atoms with E-state index in [1.807, 2.05) is 0 Å². The predicted octanol–water partition coefficient (Wildman–Crippen LogP) is 3.21. The minimum atomic E-state index is -0.225. The second-order valence-corrected chi connectivity index (χ2v) is 4.69. The lowest BCUT2D eigenvalue weighted by Crippen LogP contribution is -2.30. The summed E-state index contributed by atoms with van der Waals surface area (Å²) in [6.45, 7) is 0. The molecule has 0 amide bonds. The Hall–Kier alpha value is -1.44.